The monoisotopic (exact) mass is 296 g/mol. The standard InChI is InChI=1S/C16H32N4O/c1-18(2)11-12-20(15-6-9-19(3)10-7-15)16(21)14-5-4-8-17-13-14/h14-15,17H,4-13H2,1-3H3. The quantitative estimate of drug-likeness (QED) is 0.800. The lowest BCUT2D eigenvalue weighted by Gasteiger charge is -2.40. The molecule has 5 heteroatoms. The van der Waals surface area contributed by atoms with Crippen LogP contribution in [0.2, 0.25) is 0 Å². The van der Waals surface area contributed by atoms with Crippen LogP contribution in [0.3, 0.4) is 0 Å². The first-order valence-corrected chi connectivity index (χ1v) is 8.42. The van der Waals surface area contributed by atoms with Gasteiger partial charge in [-0.25, -0.2) is 0 Å². The van der Waals surface area contributed by atoms with E-state index in [0.29, 0.717) is 11.9 Å². The van der Waals surface area contributed by atoms with Gasteiger partial charge >= 0.3 is 0 Å². The molecular formula is C16H32N4O. The predicted octanol–water partition coefficient (Wildman–Crippen LogP) is 0.470. The van der Waals surface area contributed by atoms with Gasteiger partial charge < -0.3 is 20.0 Å². The highest BCUT2D eigenvalue weighted by Crippen LogP contribution is 2.20. The number of carbonyl (C=O) groups is 1. The Labute approximate surface area is 129 Å². The summed E-state index contributed by atoms with van der Waals surface area (Å²) >= 11 is 0. The smallest absolute Gasteiger partial charge is 0.227 e. The fourth-order valence-corrected chi connectivity index (χ4v) is 3.38. The summed E-state index contributed by atoms with van der Waals surface area (Å²) in [5.41, 5.74) is 0. The van der Waals surface area contributed by atoms with E-state index in [-0.39, 0.29) is 5.92 Å². The van der Waals surface area contributed by atoms with Crippen LogP contribution in [0.5, 0.6) is 0 Å². The van der Waals surface area contributed by atoms with E-state index in [1.165, 1.54) is 0 Å². The van der Waals surface area contributed by atoms with Crippen molar-refractivity contribution >= 4 is 5.91 Å². The first-order valence-electron chi connectivity index (χ1n) is 8.42. The van der Waals surface area contributed by atoms with Crippen LogP contribution in [-0.2, 0) is 4.79 Å². The number of amides is 1. The molecule has 0 radical (unpaired) electrons. The molecule has 0 aromatic carbocycles. The maximum atomic E-state index is 12.9. The van der Waals surface area contributed by atoms with Gasteiger partial charge in [0, 0.05) is 25.7 Å². The zero-order valence-electron chi connectivity index (χ0n) is 14.0. The van der Waals surface area contributed by atoms with Crippen molar-refractivity contribution in [1.82, 2.24) is 20.0 Å². The molecule has 0 spiro atoms. The van der Waals surface area contributed by atoms with Crippen molar-refractivity contribution in [2.24, 2.45) is 5.92 Å². The molecule has 0 bridgehead atoms. The van der Waals surface area contributed by atoms with E-state index < -0.39 is 0 Å². The predicted molar refractivity (Wildman–Crippen MR) is 86.4 cm³/mol. The summed E-state index contributed by atoms with van der Waals surface area (Å²) in [5.74, 6) is 0.583. The first-order chi connectivity index (χ1) is 10.1. The number of likely N-dealkylation sites (N-methyl/N-ethyl adjacent to an activating group) is 1. The number of rotatable bonds is 5. The summed E-state index contributed by atoms with van der Waals surface area (Å²) in [4.78, 5) is 19.7. The van der Waals surface area contributed by atoms with Crippen LogP contribution in [-0.4, -0.2) is 87.1 Å². The molecule has 0 aliphatic carbocycles. The zero-order chi connectivity index (χ0) is 15.2. The minimum Gasteiger partial charge on any atom is -0.338 e. The molecule has 0 aromatic rings. The van der Waals surface area contributed by atoms with E-state index in [1.54, 1.807) is 0 Å². The molecular weight excluding hydrogens is 264 g/mol. The van der Waals surface area contributed by atoms with E-state index in [4.69, 9.17) is 0 Å². The number of carbonyl (C=O) groups excluding carboxylic acids is 1. The van der Waals surface area contributed by atoms with Crippen LogP contribution in [0.4, 0.5) is 0 Å². The lowest BCUT2D eigenvalue weighted by Crippen LogP contribution is -2.52. The lowest BCUT2D eigenvalue weighted by atomic mass is 9.95. The topological polar surface area (TPSA) is 38.8 Å². The van der Waals surface area contributed by atoms with E-state index in [2.05, 4.69) is 41.2 Å². The van der Waals surface area contributed by atoms with Crippen molar-refractivity contribution in [1.29, 1.82) is 0 Å². The molecule has 2 fully saturated rings. The third-order valence-corrected chi connectivity index (χ3v) is 4.85. The Hall–Kier alpha value is -0.650. The summed E-state index contributed by atoms with van der Waals surface area (Å²) < 4.78 is 0. The van der Waals surface area contributed by atoms with Crippen molar-refractivity contribution < 1.29 is 4.79 Å². The second-order valence-electron chi connectivity index (χ2n) is 6.91. The van der Waals surface area contributed by atoms with Crippen LogP contribution in [0.15, 0.2) is 0 Å². The fourth-order valence-electron chi connectivity index (χ4n) is 3.38. The maximum absolute atomic E-state index is 12.9. The second kappa shape index (κ2) is 8.11. The summed E-state index contributed by atoms with van der Waals surface area (Å²) in [6.45, 7) is 5.98. The number of nitrogens with zero attached hydrogens (tertiary/aromatic N) is 3. The Morgan fingerprint density at radius 1 is 1.19 bits per heavy atom. The lowest BCUT2D eigenvalue weighted by molar-refractivity contribution is -0.139. The first kappa shape index (κ1) is 16.7. The van der Waals surface area contributed by atoms with Gasteiger partial charge in [-0.05, 0) is 66.5 Å². The van der Waals surface area contributed by atoms with Crippen molar-refractivity contribution in [2.75, 3.05) is 60.4 Å². The molecule has 1 amide bonds. The molecule has 0 saturated carbocycles. The van der Waals surface area contributed by atoms with Gasteiger partial charge in [-0.3, -0.25) is 4.79 Å². The third kappa shape index (κ3) is 4.94. The van der Waals surface area contributed by atoms with Gasteiger partial charge in [0.05, 0.1) is 5.92 Å². The van der Waals surface area contributed by atoms with E-state index in [9.17, 15) is 4.79 Å². The van der Waals surface area contributed by atoms with Gasteiger partial charge in [-0.2, -0.15) is 0 Å². The van der Waals surface area contributed by atoms with E-state index >= 15 is 0 Å². The molecule has 122 valence electrons. The van der Waals surface area contributed by atoms with Gasteiger partial charge in [-0.1, -0.05) is 0 Å². The number of piperidine rings is 2. The average Bonchev–Trinajstić information content (AvgIpc) is 2.49. The highest BCUT2D eigenvalue weighted by atomic mass is 16.2. The Morgan fingerprint density at radius 3 is 2.48 bits per heavy atom. The maximum Gasteiger partial charge on any atom is 0.227 e. The average molecular weight is 296 g/mol. The minimum absolute atomic E-state index is 0.195. The second-order valence-corrected chi connectivity index (χ2v) is 6.91. The molecule has 2 rings (SSSR count). The molecule has 2 aliphatic rings. The molecule has 1 unspecified atom stereocenters. The van der Waals surface area contributed by atoms with Gasteiger partial charge in [0.25, 0.3) is 0 Å². The van der Waals surface area contributed by atoms with Gasteiger partial charge in [0.1, 0.15) is 0 Å². The Balaban J connectivity index is 1.98. The van der Waals surface area contributed by atoms with E-state index in [1.807, 2.05) is 0 Å². The van der Waals surface area contributed by atoms with Crippen LogP contribution < -0.4 is 5.32 Å². The summed E-state index contributed by atoms with van der Waals surface area (Å²) in [6.07, 6.45) is 4.42. The number of nitrogens with one attached hydrogen (secondary N) is 1. The van der Waals surface area contributed by atoms with Crippen molar-refractivity contribution in [2.45, 2.75) is 31.7 Å². The minimum atomic E-state index is 0.195. The molecule has 5 nitrogen and oxygen atoms in total. The Morgan fingerprint density at radius 2 is 1.90 bits per heavy atom. The fraction of sp³-hybridized carbons (Fsp3) is 0.938. The highest BCUT2D eigenvalue weighted by Gasteiger charge is 2.31. The van der Waals surface area contributed by atoms with Crippen LogP contribution in [0, 0.1) is 5.92 Å². The summed E-state index contributed by atoms with van der Waals surface area (Å²) in [6, 6.07) is 0.440. The highest BCUT2D eigenvalue weighted by molar-refractivity contribution is 5.79. The van der Waals surface area contributed by atoms with Crippen molar-refractivity contribution in [3.05, 3.63) is 0 Å². The van der Waals surface area contributed by atoms with Gasteiger partial charge in [0.2, 0.25) is 5.91 Å². The molecule has 2 heterocycles. The molecule has 2 aliphatic heterocycles. The SMILES string of the molecule is CN(C)CCN(C(=O)C1CCCNC1)C1CCN(C)CC1. The molecule has 2 saturated heterocycles. The number of hydrogen-bond donors (Lipinski definition) is 1. The molecule has 1 N–H and O–H groups in total. The Bertz CT molecular complexity index is 320. The van der Waals surface area contributed by atoms with Crippen molar-refractivity contribution in [3.8, 4) is 0 Å². The van der Waals surface area contributed by atoms with Crippen molar-refractivity contribution in [3.63, 3.8) is 0 Å². The Kier molecular flexibility index (Phi) is 6.45. The number of hydrogen-bond acceptors (Lipinski definition) is 4. The summed E-state index contributed by atoms with van der Waals surface area (Å²) in [7, 11) is 6.34. The van der Waals surface area contributed by atoms with E-state index in [0.717, 1.165) is 65.0 Å². The third-order valence-electron chi connectivity index (χ3n) is 4.85. The zero-order valence-corrected chi connectivity index (χ0v) is 14.0. The normalized spacial score (nSPS) is 25.2. The van der Waals surface area contributed by atoms with Gasteiger partial charge in [0.15, 0.2) is 0 Å². The largest absolute Gasteiger partial charge is 0.338 e. The van der Waals surface area contributed by atoms with Crippen LogP contribution >= 0.6 is 0 Å². The number of likely N-dealkylation sites (tertiary alicyclic amines) is 1. The van der Waals surface area contributed by atoms with Gasteiger partial charge in [-0.15, -0.1) is 0 Å². The molecule has 0 aromatic heterocycles. The summed E-state index contributed by atoms with van der Waals surface area (Å²) in [5, 5.41) is 3.38. The van der Waals surface area contributed by atoms with Crippen LogP contribution in [0.1, 0.15) is 25.7 Å². The molecule has 21 heavy (non-hydrogen) atoms. The molecule has 1 atom stereocenters. The van der Waals surface area contributed by atoms with Crippen LogP contribution in [0.25, 0.3) is 0 Å².